The van der Waals surface area contributed by atoms with Gasteiger partial charge in [0.2, 0.25) is 5.91 Å². The zero-order valence-corrected chi connectivity index (χ0v) is 16.0. The van der Waals surface area contributed by atoms with Crippen LogP contribution >= 0.6 is 0 Å². The summed E-state index contributed by atoms with van der Waals surface area (Å²) in [5, 5.41) is 4.09. The molecular weight excluding hydrogens is 360 g/mol. The van der Waals surface area contributed by atoms with Crippen molar-refractivity contribution in [2.75, 3.05) is 5.32 Å². The zero-order valence-electron chi connectivity index (χ0n) is 16.0. The van der Waals surface area contributed by atoms with Crippen LogP contribution in [0.1, 0.15) is 11.1 Å². The smallest absolute Gasteiger partial charge is 0.228 e. The number of carbonyl (C=O) groups excluding carboxylic acids is 1. The number of hydrogen-bond donors (Lipinski definition) is 2. The van der Waals surface area contributed by atoms with Gasteiger partial charge < -0.3 is 14.7 Å². The van der Waals surface area contributed by atoms with Crippen molar-refractivity contribution in [2.45, 2.75) is 13.3 Å². The number of hydrogen-bond acceptors (Lipinski definition) is 2. The third kappa shape index (κ3) is 3.38. The minimum atomic E-state index is -0.0440. The SMILES string of the molecule is Cc1ccc2nc(-c3cccc(NC(=O)Cc4c[nH]c5ccccc45)c3)cn2c1. The quantitative estimate of drug-likeness (QED) is 0.462. The molecule has 5 aromatic rings. The Morgan fingerprint density at radius 3 is 2.90 bits per heavy atom. The topological polar surface area (TPSA) is 62.2 Å². The van der Waals surface area contributed by atoms with E-state index in [1.54, 1.807) is 0 Å². The summed E-state index contributed by atoms with van der Waals surface area (Å²) >= 11 is 0. The molecular formula is C24H20N4O. The van der Waals surface area contributed by atoms with Gasteiger partial charge in [-0.2, -0.15) is 0 Å². The number of nitrogens with zero attached hydrogens (tertiary/aromatic N) is 2. The van der Waals surface area contributed by atoms with Crippen LogP contribution in [0.2, 0.25) is 0 Å². The van der Waals surface area contributed by atoms with Crippen molar-refractivity contribution in [3.63, 3.8) is 0 Å². The van der Waals surface area contributed by atoms with E-state index in [0.29, 0.717) is 6.42 Å². The predicted molar refractivity (Wildman–Crippen MR) is 116 cm³/mol. The third-order valence-electron chi connectivity index (χ3n) is 5.07. The average molecular weight is 380 g/mol. The molecule has 0 saturated carbocycles. The van der Waals surface area contributed by atoms with Crippen LogP contribution in [-0.2, 0) is 11.2 Å². The molecule has 0 aliphatic carbocycles. The Balaban J connectivity index is 1.37. The van der Waals surface area contributed by atoms with Crippen LogP contribution in [0.5, 0.6) is 0 Å². The molecule has 3 aromatic heterocycles. The summed E-state index contributed by atoms with van der Waals surface area (Å²) < 4.78 is 2.02. The summed E-state index contributed by atoms with van der Waals surface area (Å²) in [6.07, 6.45) is 6.29. The van der Waals surface area contributed by atoms with Crippen LogP contribution in [0.4, 0.5) is 5.69 Å². The number of aryl methyl sites for hydroxylation is 1. The largest absolute Gasteiger partial charge is 0.361 e. The fraction of sp³-hybridized carbons (Fsp3) is 0.0833. The lowest BCUT2D eigenvalue weighted by molar-refractivity contribution is -0.115. The van der Waals surface area contributed by atoms with Gasteiger partial charge in [-0.25, -0.2) is 4.98 Å². The van der Waals surface area contributed by atoms with Crippen LogP contribution in [0, 0.1) is 6.92 Å². The normalized spacial score (nSPS) is 11.2. The Morgan fingerprint density at radius 2 is 1.97 bits per heavy atom. The number of carbonyl (C=O) groups is 1. The van der Waals surface area contributed by atoms with Gasteiger partial charge in [-0.15, -0.1) is 0 Å². The lowest BCUT2D eigenvalue weighted by Crippen LogP contribution is -2.14. The predicted octanol–water partition coefficient (Wildman–Crippen LogP) is 4.97. The van der Waals surface area contributed by atoms with Gasteiger partial charge in [0, 0.05) is 40.7 Å². The Labute approximate surface area is 168 Å². The van der Waals surface area contributed by atoms with Crippen LogP contribution in [0.3, 0.4) is 0 Å². The van der Waals surface area contributed by atoms with Crippen molar-refractivity contribution in [1.82, 2.24) is 14.4 Å². The lowest BCUT2D eigenvalue weighted by Gasteiger charge is -2.06. The van der Waals surface area contributed by atoms with Gasteiger partial charge in [-0.3, -0.25) is 4.79 Å². The van der Waals surface area contributed by atoms with Gasteiger partial charge in [0.25, 0.3) is 0 Å². The summed E-state index contributed by atoms with van der Waals surface area (Å²) in [5.41, 5.74) is 6.73. The molecule has 142 valence electrons. The highest BCUT2D eigenvalue weighted by molar-refractivity contribution is 5.96. The summed E-state index contributed by atoms with van der Waals surface area (Å²) in [7, 11) is 0. The van der Waals surface area contributed by atoms with Crippen LogP contribution in [0.15, 0.2) is 79.3 Å². The molecule has 0 unspecified atom stereocenters. The van der Waals surface area contributed by atoms with Crippen LogP contribution in [-0.4, -0.2) is 20.3 Å². The maximum absolute atomic E-state index is 12.6. The molecule has 0 bridgehead atoms. The van der Waals surface area contributed by atoms with Crippen LogP contribution in [0.25, 0.3) is 27.8 Å². The first kappa shape index (κ1) is 17.3. The molecule has 3 heterocycles. The molecule has 1 amide bonds. The molecule has 0 radical (unpaired) electrons. The van der Waals surface area contributed by atoms with Gasteiger partial charge in [0.05, 0.1) is 12.1 Å². The van der Waals surface area contributed by atoms with Gasteiger partial charge in [-0.05, 0) is 42.3 Å². The van der Waals surface area contributed by atoms with Gasteiger partial charge in [0.1, 0.15) is 5.65 Å². The number of aromatic nitrogens is 3. The van der Waals surface area contributed by atoms with E-state index in [9.17, 15) is 4.79 Å². The number of H-pyrrole nitrogens is 1. The van der Waals surface area contributed by atoms with E-state index in [0.717, 1.165) is 39.1 Å². The second-order valence-electron chi connectivity index (χ2n) is 7.26. The van der Waals surface area contributed by atoms with E-state index in [-0.39, 0.29) is 5.91 Å². The van der Waals surface area contributed by atoms with Crippen molar-refractivity contribution in [1.29, 1.82) is 0 Å². The molecule has 2 aromatic carbocycles. The van der Waals surface area contributed by atoms with E-state index in [1.165, 1.54) is 5.56 Å². The number of nitrogens with one attached hydrogen (secondary N) is 2. The molecule has 2 N–H and O–H groups in total. The molecule has 5 nitrogen and oxygen atoms in total. The monoisotopic (exact) mass is 380 g/mol. The number of anilines is 1. The summed E-state index contributed by atoms with van der Waals surface area (Å²) in [5.74, 6) is -0.0440. The fourth-order valence-electron chi connectivity index (χ4n) is 3.65. The molecule has 29 heavy (non-hydrogen) atoms. The summed E-state index contributed by atoms with van der Waals surface area (Å²) in [6, 6.07) is 19.9. The first-order valence-electron chi connectivity index (χ1n) is 9.56. The number of para-hydroxylation sites is 1. The van der Waals surface area contributed by atoms with Crippen molar-refractivity contribution < 1.29 is 4.79 Å². The second-order valence-corrected chi connectivity index (χ2v) is 7.26. The van der Waals surface area contributed by atoms with Gasteiger partial charge in [0.15, 0.2) is 0 Å². The molecule has 0 atom stereocenters. The number of rotatable bonds is 4. The average Bonchev–Trinajstić information content (AvgIpc) is 3.32. The van der Waals surface area contributed by atoms with E-state index in [2.05, 4.69) is 28.4 Å². The Morgan fingerprint density at radius 1 is 1.07 bits per heavy atom. The van der Waals surface area contributed by atoms with E-state index in [4.69, 9.17) is 0 Å². The standard InChI is InChI=1S/C24H20N4O/c1-16-9-10-23-27-22(15-28(23)14-16)17-5-4-6-19(11-17)26-24(29)12-18-13-25-21-8-3-2-7-20(18)21/h2-11,13-15,25H,12H2,1H3,(H,26,29). The Bertz CT molecular complexity index is 1350. The highest BCUT2D eigenvalue weighted by Crippen LogP contribution is 2.23. The van der Waals surface area contributed by atoms with Crippen molar-refractivity contribution in [3.8, 4) is 11.3 Å². The van der Waals surface area contributed by atoms with Gasteiger partial charge >= 0.3 is 0 Å². The van der Waals surface area contributed by atoms with E-state index in [1.807, 2.05) is 77.5 Å². The molecule has 0 spiro atoms. The third-order valence-corrected chi connectivity index (χ3v) is 5.07. The minimum Gasteiger partial charge on any atom is -0.361 e. The molecule has 0 fully saturated rings. The van der Waals surface area contributed by atoms with Crippen LogP contribution < -0.4 is 5.32 Å². The zero-order chi connectivity index (χ0) is 19.8. The maximum atomic E-state index is 12.6. The maximum Gasteiger partial charge on any atom is 0.228 e. The summed E-state index contributed by atoms with van der Waals surface area (Å²) in [4.78, 5) is 20.5. The number of amides is 1. The van der Waals surface area contributed by atoms with E-state index >= 15 is 0 Å². The fourth-order valence-corrected chi connectivity index (χ4v) is 3.65. The highest BCUT2D eigenvalue weighted by Gasteiger charge is 2.10. The lowest BCUT2D eigenvalue weighted by atomic mass is 10.1. The Kier molecular flexibility index (Phi) is 4.13. The van der Waals surface area contributed by atoms with Crippen molar-refractivity contribution in [3.05, 3.63) is 90.4 Å². The highest BCUT2D eigenvalue weighted by atomic mass is 16.1. The number of imidazole rings is 1. The molecule has 5 heteroatoms. The van der Waals surface area contributed by atoms with Crippen molar-refractivity contribution >= 4 is 28.1 Å². The molecule has 0 saturated heterocycles. The molecule has 0 aliphatic rings. The summed E-state index contributed by atoms with van der Waals surface area (Å²) in [6.45, 7) is 2.06. The number of pyridine rings is 1. The first-order chi connectivity index (χ1) is 14.2. The first-order valence-corrected chi connectivity index (χ1v) is 9.56. The minimum absolute atomic E-state index is 0.0440. The molecule has 0 aliphatic heterocycles. The number of benzene rings is 2. The number of aromatic amines is 1. The second kappa shape index (κ2) is 6.95. The van der Waals surface area contributed by atoms with Gasteiger partial charge in [-0.1, -0.05) is 36.4 Å². The Hall–Kier alpha value is -3.86. The van der Waals surface area contributed by atoms with Crippen molar-refractivity contribution in [2.24, 2.45) is 0 Å². The van der Waals surface area contributed by atoms with E-state index < -0.39 is 0 Å². The molecule has 5 rings (SSSR count). The number of fused-ring (bicyclic) bond motifs is 2.